The second kappa shape index (κ2) is 7.99. The molecule has 2 aromatic rings. The van der Waals surface area contributed by atoms with Crippen LogP contribution in [0.4, 0.5) is 27.6 Å². The standard InChI is InChI=1S/C22H18F5N3O2/c23-15-9-16(24)11-17(10-15)28-18(31)12-30-20(32)19(29-21(30)7-1-2-8-21)13-3-5-14(6-4-13)22(25,26)27/h3-6,9-11H,1-2,7-8,12H2,(H,28,31). The van der Waals surface area contributed by atoms with Crippen molar-refractivity contribution in [2.24, 2.45) is 4.99 Å². The molecule has 1 aliphatic heterocycles. The number of nitrogens with one attached hydrogen (secondary N) is 1. The third-order valence-electron chi connectivity index (χ3n) is 5.61. The zero-order chi connectivity index (χ0) is 23.1. The van der Waals surface area contributed by atoms with Gasteiger partial charge in [-0.3, -0.25) is 14.6 Å². The second-order valence-electron chi connectivity index (χ2n) is 7.82. The van der Waals surface area contributed by atoms with E-state index in [1.54, 1.807) is 0 Å². The van der Waals surface area contributed by atoms with E-state index in [0.717, 1.165) is 37.1 Å². The summed E-state index contributed by atoms with van der Waals surface area (Å²) in [7, 11) is 0. The molecule has 0 saturated heterocycles. The van der Waals surface area contributed by atoms with Gasteiger partial charge in [-0.05, 0) is 49.9 Å². The first kappa shape index (κ1) is 21.9. The van der Waals surface area contributed by atoms with Gasteiger partial charge < -0.3 is 10.2 Å². The lowest BCUT2D eigenvalue weighted by Gasteiger charge is -2.32. The monoisotopic (exact) mass is 451 g/mol. The Morgan fingerprint density at radius 1 is 1.03 bits per heavy atom. The lowest BCUT2D eigenvalue weighted by molar-refractivity contribution is -0.137. The highest BCUT2D eigenvalue weighted by Crippen LogP contribution is 2.41. The summed E-state index contributed by atoms with van der Waals surface area (Å²) in [5, 5.41) is 2.37. The zero-order valence-electron chi connectivity index (χ0n) is 16.7. The number of aliphatic imine (C=N–C) groups is 1. The molecule has 5 nitrogen and oxygen atoms in total. The molecule has 0 atom stereocenters. The third-order valence-corrected chi connectivity index (χ3v) is 5.61. The van der Waals surface area contributed by atoms with Crippen LogP contribution >= 0.6 is 0 Å². The Hall–Kier alpha value is -3.30. The average Bonchev–Trinajstić information content (AvgIpc) is 3.27. The minimum Gasteiger partial charge on any atom is -0.324 e. The summed E-state index contributed by atoms with van der Waals surface area (Å²) >= 11 is 0. The molecule has 32 heavy (non-hydrogen) atoms. The van der Waals surface area contributed by atoms with E-state index in [-0.39, 0.29) is 17.0 Å². The Morgan fingerprint density at radius 3 is 2.19 bits per heavy atom. The summed E-state index contributed by atoms with van der Waals surface area (Å²) in [5.41, 5.74) is -1.68. The normalized spacial score (nSPS) is 17.7. The van der Waals surface area contributed by atoms with Gasteiger partial charge in [-0.2, -0.15) is 13.2 Å². The predicted octanol–water partition coefficient (Wildman–Crippen LogP) is 4.52. The largest absolute Gasteiger partial charge is 0.416 e. The van der Waals surface area contributed by atoms with E-state index in [2.05, 4.69) is 10.3 Å². The van der Waals surface area contributed by atoms with Gasteiger partial charge in [0.1, 0.15) is 29.6 Å². The van der Waals surface area contributed by atoms with Gasteiger partial charge in [0.2, 0.25) is 5.91 Å². The fourth-order valence-electron chi connectivity index (χ4n) is 4.15. The molecule has 1 spiro atoms. The summed E-state index contributed by atoms with van der Waals surface area (Å²) in [6.07, 6.45) is -1.96. The summed E-state index contributed by atoms with van der Waals surface area (Å²) in [6, 6.07) is 6.67. The lowest BCUT2D eigenvalue weighted by atomic mass is 10.1. The van der Waals surface area contributed by atoms with Gasteiger partial charge in [0.05, 0.1) is 5.56 Å². The van der Waals surface area contributed by atoms with Crippen LogP contribution in [0.3, 0.4) is 0 Å². The van der Waals surface area contributed by atoms with Crippen LogP contribution in [0.25, 0.3) is 0 Å². The molecule has 1 N–H and O–H groups in total. The quantitative estimate of drug-likeness (QED) is 0.695. The highest BCUT2D eigenvalue weighted by molar-refractivity contribution is 6.47. The Bertz CT molecular complexity index is 1070. The first-order chi connectivity index (χ1) is 15.1. The van der Waals surface area contributed by atoms with E-state index in [9.17, 15) is 31.5 Å². The molecule has 1 aliphatic carbocycles. The van der Waals surface area contributed by atoms with Crippen molar-refractivity contribution >= 4 is 23.2 Å². The topological polar surface area (TPSA) is 61.8 Å². The van der Waals surface area contributed by atoms with E-state index in [4.69, 9.17) is 0 Å². The van der Waals surface area contributed by atoms with E-state index in [1.807, 2.05) is 0 Å². The van der Waals surface area contributed by atoms with Crippen LogP contribution < -0.4 is 5.32 Å². The van der Waals surface area contributed by atoms with Crippen LogP contribution in [0.2, 0.25) is 0 Å². The summed E-state index contributed by atoms with van der Waals surface area (Å²) < 4.78 is 65.3. The number of alkyl halides is 3. The molecule has 1 saturated carbocycles. The van der Waals surface area contributed by atoms with Crippen LogP contribution in [-0.4, -0.2) is 34.6 Å². The van der Waals surface area contributed by atoms with E-state index in [0.29, 0.717) is 18.9 Å². The average molecular weight is 451 g/mol. The van der Waals surface area contributed by atoms with Crippen molar-refractivity contribution in [1.29, 1.82) is 0 Å². The number of amides is 2. The highest BCUT2D eigenvalue weighted by atomic mass is 19.4. The SMILES string of the molecule is O=C(CN1C(=O)C(c2ccc(C(F)(F)F)cc2)=NC12CCCC2)Nc1cc(F)cc(F)c1. The Balaban J connectivity index is 1.56. The van der Waals surface area contributed by atoms with Crippen molar-refractivity contribution < 1.29 is 31.5 Å². The van der Waals surface area contributed by atoms with Crippen LogP contribution in [0.1, 0.15) is 36.8 Å². The molecule has 168 valence electrons. The number of carbonyl (C=O) groups excluding carboxylic acids is 2. The maximum absolute atomic E-state index is 13.4. The number of rotatable bonds is 4. The van der Waals surface area contributed by atoms with Crippen molar-refractivity contribution in [3.05, 3.63) is 65.2 Å². The number of hydrogen-bond acceptors (Lipinski definition) is 3. The maximum atomic E-state index is 13.4. The first-order valence-electron chi connectivity index (χ1n) is 9.93. The molecule has 0 unspecified atom stereocenters. The Kier molecular flexibility index (Phi) is 5.47. The molecular formula is C22H18F5N3O2. The van der Waals surface area contributed by atoms with Crippen molar-refractivity contribution in [3.63, 3.8) is 0 Å². The van der Waals surface area contributed by atoms with Gasteiger partial charge in [-0.15, -0.1) is 0 Å². The first-order valence-corrected chi connectivity index (χ1v) is 9.93. The third kappa shape index (κ3) is 4.21. The van der Waals surface area contributed by atoms with Gasteiger partial charge in [-0.1, -0.05) is 12.1 Å². The van der Waals surface area contributed by atoms with Gasteiger partial charge in [-0.25, -0.2) is 8.78 Å². The molecule has 0 bridgehead atoms. The Morgan fingerprint density at radius 2 is 1.62 bits per heavy atom. The highest BCUT2D eigenvalue weighted by Gasteiger charge is 2.49. The van der Waals surface area contributed by atoms with Crippen LogP contribution in [-0.2, 0) is 15.8 Å². The molecule has 2 aliphatic rings. The maximum Gasteiger partial charge on any atom is 0.416 e. The zero-order valence-corrected chi connectivity index (χ0v) is 16.7. The van der Waals surface area contributed by atoms with Crippen LogP contribution in [0, 0.1) is 11.6 Å². The van der Waals surface area contributed by atoms with Crippen molar-refractivity contribution in [3.8, 4) is 0 Å². The number of nitrogens with zero attached hydrogens (tertiary/aromatic N) is 2. The number of carbonyl (C=O) groups is 2. The van der Waals surface area contributed by atoms with Gasteiger partial charge in [0.15, 0.2) is 0 Å². The summed E-state index contributed by atoms with van der Waals surface area (Å²) in [4.78, 5) is 31.5. The predicted molar refractivity (Wildman–Crippen MR) is 106 cm³/mol. The molecule has 1 heterocycles. The fraction of sp³-hybridized carbons (Fsp3) is 0.318. The van der Waals surface area contributed by atoms with E-state index in [1.165, 1.54) is 17.0 Å². The fourth-order valence-corrected chi connectivity index (χ4v) is 4.15. The molecular weight excluding hydrogens is 433 g/mol. The number of anilines is 1. The molecule has 1 fully saturated rings. The number of halogens is 5. The molecule has 4 rings (SSSR count). The minimum absolute atomic E-state index is 0.00905. The van der Waals surface area contributed by atoms with Crippen molar-refractivity contribution in [1.82, 2.24) is 4.90 Å². The molecule has 0 radical (unpaired) electrons. The van der Waals surface area contributed by atoms with Crippen LogP contribution in [0.5, 0.6) is 0 Å². The summed E-state index contributed by atoms with van der Waals surface area (Å²) in [6.45, 7) is -0.412. The van der Waals surface area contributed by atoms with E-state index >= 15 is 0 Å². The molecule has 10 heteroatoms. The lowest BCUT2D eigenvalue weighted by Crippen LogP contribution is -2.48. The van der Waals surface area contributed by atoms with Crippen molar-refractivity contribution in [2.45, 2.75) is 37.5 Å². The summed E-state index contributed by atoms with van der Waals surface area (Å²) in [5.74, 6) is -2.97. The molecule has 2 amide bonds. The van der Waals surface area contributed by atoms with Gasteiger partial charge in [0.25, 0.3) is 5.91 Å². The Labute approximate surface area is 179 Å². The molecule has 0 aromatic heterocycles. The van der Waals surface area contributed by atoms with E-state index < -0.39 is 47.4 Å². The van der Waals surface area contributed by atoms with Crippen LogP contribution in [0.15, 0.2) is 47.5 Å². The molecule has 2 aromatic carbocycles. The number of hydrogen-bond donors (Lipinski definition) is 1. The van der Waals surface area contributed by atoms with Gasteiger partial charge >= 0.3 is 6.18 Å². The smallest absolute Gasteiger partial charge is 0.324 e. The minimum atomic E-state index is -4.51. The second-order valence-corrected chi connectivity index (χ2v) is 7.82. The van der Waals surface area contributed by atoms with Gasteiger partial charge in [0, 0.05) is 17.3 Å². The van der Waals surface area contributed by atoms with Crippen molar-refractivity contribution in [2.75, 3.05) is 11.9 Å². The number of benzene rings is 2.